The van der Waals surface area contributed by atoms with Gasteiger partial charge in [0.2, 0.25) is 6.04 Å². The highest BCUT2D eigenvalue weighted by Crippen LogP contribution is 2.35. The zero-order valence-electron chi connectivity index (χ0n) is 11.8. The van der Waals surface area contributed by atoms with E-state index in [4.69, 9.17) is 34.8 Å². The van der Waals surface area contributed by atoms with E-state index in [9.17, 15) is 10.1 Å². The first-order valence-corrected chi connectivity index (χ1v) is 7.91. The van der Waals surface area contributed by atoms with Crippen LogP contribution in [0, 0.1) is 10.1 Å². The molecular formula is C16H14Cl3NO2. The summed E-state index contributed by atoms with van der Waals surface area (Å²) in [4.78, 5) is 11.2. The predicted molar refractivity (Wildman–Crippen MR) is 90.8 cm³/mol. The molecule has 0 bridgehead atoms. The van der Waals surface area contributed by atoms with Crippen molar-refractivity contribution < 1.29 is 4.92 Å². The van der Waals surface area contributed by atoms with Gasteiger partial charge in [0.05, 0.1) is 16.0 Å². The highest BCUT2D eigenvalue weighted by atomic mass is 35.5. The number of nitro groups is 1. The molecule has 0 heterocycles. The summed E-state index contributed by atoms with van der Waals surface area (Å²) in [6.07, 6.45) is 0.403. The summed E-state index contributed by atoms with van der Waals surface area (Å²) >= 11 is 17.9. The van der Waals surface area contributed by atoms with E-state index < -0.39 is 12.0 Å². The molecule has 0 aliphatic heterocycles. The molecule has 2 aromatic carbocycles. The van der Waals surface area contributed by atoms with Crippen LogP contribution >= 0.6 is 34.8 Å². The van der Waals surface area contributed by atoms with Crippen LogP contribution in [0.2, 0.25) is 15.1 Å². The van der Waals surface area contributed by atoms with Crippen molar-refractivity contribution in [1.82, 2.24) is 0 Å². The van der Waals surface area contributed by atoms with Crippen molar-refractivity contribution in [3.8, 4) is 0 Å². The van der Waals surface area contributed by atoms with Crippen molar-refractivity contribution in [2.24, 2.45) is 0 Å². The van der Waals surface area contributed by atoms with E-state index in [0.29, 0.717) is 21.5 Å². The quantitative estimate of drug-likeness (QED) is 0.498. The average Bonchev–Trinajstić information content (AvgIpc) is 2.48. The molecule has 0 amide bonds. The fourth-order valence-corrected chi connectivity index (χ4v) is 2.95. The Balaban J connectivity index is 2.55. The van der Waals surface area contributed by atoms with E-state index in [1.54, 1.807) is 37.3 Å². The normalized spacial score (nSPS) is 13.6. The Hall–Kier alpha value is -1.29. The molecular weight excluding hydrogens is 345 g/mol. The summed E-state index contributed by atoms with van der Waals surface area (Å²) in [5.74, 6) is -0.410. The number of benzene rings is 2. The Morgan fingerprint density at radius 3 is 2.09 bits per heavy atom. The number of halogens is 3. The maximum Gasteiger partial charge on any atom is 0.223 e. The minimum absolute atomic E-state index is 0.248. The highest BCUT2D eigenvalue weighted by Gasteiger charge is 2.32. The predicted octanol–water partition coefficient (Wildman–Crippen LogP) is 5.83. The molecule has 0 saturated carbocycles. The maximum atomic E-state index is 11.5. The van der Waals surface area contributed by atoms with Gasteiger partial charge in [0.25, 0.3) is 0 Å². The average molecular weight is 359 g/mol. The summed E-state index contributed by atoms with van der Waals surface area (Å²) in [6.45, 7) is 1.80. The van der Waals surface area contributed by atoms with Crippen LogP contribution in [0.3, 0.4) is 0 Å². The lowest BCUT2D eigenvalue weighted by atomic mass is 9.84. The number of rotatable bonds is 5. The zero-order chi connectivity index (χ0) is 16.3. The van der Waals surface area contributed by atoms with Crippen LogP contribution in [0.5, 0.6) is 0 Å². The maximum absolute atomic E-state index is 11.5. The summed E-state index contributed by atoms with van der Waals surface area (Å²) in [5.41, 5.74) is 1.59. The van der Waals surface area contributed by atoms with Gasteiger partial charge in [-0.05, 0) is 35.4 Å². The van der Waals surface area contributed by atoms with Crippen molar-refractivity contribution in [2.45, 2.75) is 25.3 Å². The molecule has 0 aliphatic carbocycles. The van der Waals surface area contributed by atoms with Gasteiger partial charge in [-0.3, -0.25) is 10.1 Å². The Bertz CT molecular complexity index is 674. The number of nitrogens with zero attached hydrogens (tertiary/aromatic N) is 1. The molecule has 0 aliphatic rings. The third-order valence-corrected chi connectivity index (χ3v) is 4.60. The Morgan fingerprint density at radius 2 is 1.59 bits per heavy atom. The second kappa shape index (κ2) is 7.32. The molecule has 3 nitrogen and oxygen atoms in total. The first-order valence-electron chi connectivity index (χ1n) is 6.78. The Kier molecular flexibility index (Phi) is 5.68. The molecule has 2 aromatic rings. The minimum Gasteiger partial charge on any atom is -0.264 e. The smallest absolute Gasteiger partial charge is 0.223 e. The van der Waals surface area contributed by atoms with E-state index in [2.05, 4.69) is 0 Å². The summed E-state index contributed by atoms with van der Waals surface area (Å²) in [5, 5.41) is 12.9. The van der Waals surface area contributed by atoms with Crippen molar-refractivity contribution in [3.05, 3.63) is 78.8 Å². The Morgan fingerprint density at radius 1 is 1.00 bits per heavy atom. The van der Waals surface area contributed by atoms with Crippen LogP contribution in [0.4, 0.5) is 0 Å². The molecule has 0 fully saturated rings. The van der Waals surface area contributed by atoms with E-state index in [0.717, 1.165) is 11.1 Å². The van der Waals surface area contributed by atoms with Gasteiger partial charge in [-0.15, -0.1) is 0 Å². The molecule has 6 heteroatoms. The van der Waals surface area contributed by atoms with Crippen molar-refractivity contribution in [1.29, 1.82) is 0 Å². The summed E-state index contributed by atoms with van der Waals surface area (Å²) in [6, 6.07) is 11.5. The van der Waals surface area contributed by atoms with E-state index in [1.165, 1.54) is 0 Å². The number of hydrogen-bond donors (Lipinski definition) is 0. The lowest BCUT2D eigenvalue weighted by molar-refractivity contribution is -0.525. The third kappa shape index (κ3) is 3.72. The van der Waals surface area contributed by atoms with Crippen molar-refractivity contribution in [2.75, 3.05) is 0 Å². The fourth-order valence-electron chi connectivity index (χ4n) is 2.52. The topological polar surface area (TPSA) is 43.1 Å². The zero-order valence-corrected chi connectivity index (χ0v) is 14.1. The van der Waals surface area contributed by atoms with Gasteiger partial charge in [-0.2, -0.15) is 0 Å². The minimum atomic E-state index is -0.751. The third-order valence-electron chi connectivity index (χ3n) is 3.61. The molecule has 2 rings (SSSR count). The molecule has 0 radical (unpaired) electrons. The van der Waals surface area contributed by atoms with Crippen LogP contribution < -0.4 is 0 Å². The van der Waals surface area contributed by atoms with Gasteiger partial charge in [0.15, 0.2) is 0 Å². The van der Waals surface area contributed by atoms with Gasteiger partial charge in [0.1, 0.15) is 0 Å². The summed E-state index contributed by atoms with van der Waals surface area (Å²) < 4.78 is 0. The largest absolute Gasteiger partial charge is 0.264 e. The first kappa shape index (κ1) is 17.1. The van der Waals surface area contributed by atoms with Crippen LogP contribution in [0.1, 0.15) is 30.4 Å². The molecule has 0 spiro atoms. The van der Waals surface area contributed by atoms with Crippen LogP contribution in [-0.2, 0) is 0 Å². The van der Waals surface area contributed by atoms with Crippen LogP contribution in [-0.4, -0.2) is 11.0 Å². The van der Waals surface area contributed by atoms with Gasteiger partial charge in [-0.25, -0.2) is 0 Å². The second-order valence-electron chi connectivity index (χ2n) is 4.96. The molecule has 0 aromatic heterocycles. The van der Waals surface area contributed by atoms with E-state index in [1.807, 2.05) is 12.1 Å². The molecule has 22 heavy (non-hydrogen) atoms. The summed E-state index contributed by atoms with van der Waals surface area (Å²) in [7, 11) is 0. The lowest BCUT2D eigenvalue weighted by Gasteiger charge is -2.21. The van der Waals surface area contributed by atoms with Gasteiger partial charge >= 0.3 is 0 Å². The van der Waals surface area contributed by atoms with Crippen molar-refractivity contribution in [3.63, 3.8) is 0 Å². The lowest BCUT2D eigenvalue weighted by Crippen LogP contribution is -2.27. The molecule has 0 saturated heterocycles. The SMILES string of the molecule is CC[C@H]([C@H](c1ccc(Cl)cc1)c1ccc(Cl)c(Cl)c1)[N+](=O)[O-]. The highest BCUT2D eigenvalue weighted by molar-refractivity contribution is 6.42. The van der Waals surface area contributed by atoms with Gasteiger partial charge < -0.3 is 0 Å². The van der Waals surface area contributed by atoms with Crippen molar-refractivity contribution >= 4 is 34.8 Å². The second-order valence-corrected chi connectivity index (χ2v) is 6.21. The van der Waals surface area contributed by atoms with Crippen LogP contribution in [0.25, 0.3) is 0 Å². The Labute approximate surface area is 144 Å². The monoisotopic (exact) mass is 357 g/mol. The van der Waals surface area contributed by atoms with Crippen LogP contribution in [0.15, 0.2) is 42.5 Å². The molecule has 0 unspecified atom stereocenters. The molecule has 116 valence electrons. The van der Waals surface area contributed by atoms with E-state index >= 15 is 0 Å². The molecule has 0 N–H and O–H groups in total. The first-order chi connectivity index (χ1) is 10.4. The van der Waals surface area contributed by atoms with Gasteiger partial charge in [0, 0.05) is 16.4 Å². The fraction of sp³-hybridized carbons (Fsp3) is 0.250. The number of hydrogen-bond acceptors (Lipinski definition) is 2. The van der Waals surface area contributed by atoms with E-state index in [-0.39, 0.29) is 4.92 Å². The molecule has 2 atom stereocenters. The van der Waals surface area contributed by atoms with Gasteiger partial charge in [-0.1, -0.05) is 59.9 Å². The standard InChI is InChI=1S/C16H14Cl3NO2/c1-2-15(20(21)22)16(10-3-6-12(17)7-4-10)11-5-8-13(18)14(19)9-11/h3-9,15-16H,2H2,1H3/t15-,16-/m1/s1.